The fourth-order valence-corrected chi connectivity index (χ4v) is 4.30. The second-order valence-electron chi connectivity index (χ2n) is 6.89. The van der Waals surface area contributed by atoms with E-state index in [0.717, 1.165) is 27.0 Å². The minimum Gasteiger partial charge on any atom is -0.504 e. The first-order valence-electron chi connectivity index (χ1n) is 9.31. The van der Waals surface area contributed by atoms with Crippen LogP contribution in [0.3, 0.4) is 0 Å². The van der Waals surface area contributed by atoms with Crippen molar-refractivity contribution in [2.75, 3.05) is 6.54 Å². The molecule has 0 unspecified atom stereocenters. The molecule has 0 saturated carbocycles. The van der Waals surface area contributed by atoms with E-state index in [1.165, 1.54) is 23.5 Å². The smallest absolute Gasteiger partial charge is 0.261 e. The van der Waals surface area contributed by atoms with E-state index in [1.807, 2.05) is 35.9 Å². The first-order chi connectivity index (χ1) is 14.0. The van der Waals surface area contributed by atoms with Crippen LogP contribution in [0.4, 0.5) is 0 Å². The molecule has 0 aliphatic rings. The summed E-state index contributed by atoms with van der Waals surface area (Å²) in [5.74, 6) is -0.431. The Morgan fingerprint density at radius 2 is 1.86 bits per heavy atom. The highest BCUT2D eigenvalue weighted by molar-refractivity contribution is 7.20. The number of nitrogens with zero attached hydrogens (tertiary/aromatic N) is 2. The van der Waals surface area contributed by atoms with Crippen LogP contribution in [0.15, 0.2) is 54.6 Å². The number of rotatable bonds is 6. The molecule has 0 spiro atoms. The first-order valence-corrected chi connectivity index (χ1v) is 10.1. The van der Waals surface area contributed by atoms with Gasteiger partial charge in [0.25, 0.3) is 5.91 Å². The number of fused-ring (bicyclic) bond motifs is 1. The quantitative estimate of drug-likeness (QED) is 0.424. The number of thiophene rings is 1. The predicted molar refractivity (Wildman–Crippen MR) is 114 cm³/mol. The Balaban J connectivity index is 1.45. The summed E-state index contributed by atoms with van der Waals surface area (Å²) in [5.41, 5.74) is 2.91. The third-order valence-corrected chi connectivity index (χ3v) is 5.89. The van der Waals surface area contributed by atoms with Crippen molar-refractivity contribution in [2.24, 2.45) is 0 Å². The van der Waals surface area contributed by atoms with E-state index in [-0.39, 0.29) is 17.4 Å². The molecule has 7 heteroatoms. The molecule has 0 radical (unpaired) electrons. The third kappa shape index (κ3) is 4.09. The third-order valence-electron chi connectivity index (χ3n) is 4.75. The van der Waals surface area contributed by atoms with Gasteiger partial charge in [0.15, 0.2) is 11.5 Å². The van der Waals surface area contributed by atoms with Crippen molar-refractivity contribution >= 4 is 27.5 Å². The largest absolute Gasteiger partial charge is 0.504 e. The van der Waals surface area contributed by atoms with Crippen molar-refractivity contribution in [1.82, 2.24) is 15.1 Å². The number of aromatic nitrogens is 2. The summed E-state index contributed by atoms with van der Waals surface area (Å²) >= 11 is 1.44. The van der Waals surface area contributed by atoms with Gasteiger partial charge < -0.3 is 15.5 Å². The number of nitrogens with one attached hydrogen (secondary N) is 1. The maximum atomic E-state index is 12.6. The fourth-order valence-electron chi connectivity index (χ4n) is 3.22. The Hall–Kier alpha value is -3.32. The number of phenolic OH excluding ortho intramolecular Hbond substituents is 2. The topological polar surface area (TPSA) is 87.4 Å². The van der Waals surface area contributed by atoms with Crippen LogP contribution in [-0.4, -0.2) is 32.4 Å². The van der Waals surface area contributed by atoms with E-state index in [4.69, 9.17) is 0 Å². The van der Waals surface area contributed by atoms with Gasteiger partial charge in [0.05, 0.1) is 17.1 Å². The number of carbonyl (C=O) groups is 1. The van der Waals surface area contributed by atoms with Crippen LogP contribution >= 0.6 is 11.3 Å². The SMILES string of the molecule is Cc1nn(Cc2ccccc2)c2sc(C(=O)NCCc3ccc(O)c(O)c3)cc12. The maximum absolute atomic E-state index is 12.6. The number of phenols is 2. The summed E-state index contributed by atoms with van der Waals surface area (Å²) in [6, 6.07) is 16.7. The Morgan fingerprint density at radius 1 is 1.07 bits per heavy atom. The maximum Gasteiger partial charge on any atom is 0.261 e. The molecule has 0 atom stereocenters. The van der Waals surface area contributed by atoms with Crippen LogP contribution < -0.4 is 5.32 Å². The van der Waals surface area contributed by atoms with Gasteiger partial charge in [0.1, 0.15) is 4.83 Å². The van der Waals surface area contributed by atoms with Gasteiger partial charge in [-0.25, -0.2) is 0 Å². The van der Waals surface area contributed by atoms with Gasteiger partial charge in [-0.15, -0.1) is 11.3 Å². The van der Waals surface area contributed by atoms with E-state index in [2.05, 4.69) is 22.5 Å². The monoisotopic (exact) mass is 407 g/mol. The summed E-state index contributed by atoms with van der Waals surface area (Å²) < 4.78 is 1.95. The molecule has 3 N–H and O–H groups in total. The first kappa shape index (κ1) is 19.0. The summed E-state index contributed by atoms with van der Waals surface area (Å²) in [6.07, 6.45) is 0.561. The van der Waals surface area contributed by atoms with Gasteiger partial charge in [-0.05, 0) is 42.7 Å². The predicted octanol–water partition coefficient (Wildman–Crippen LogP) is 3.84. The standard InChI is InChI=1S/C22H21N3O3S/c1-14-17-12-20(21(28)23-10-9-15-7-8-18(26)19(27)11-15)29-22(17)25(24-14)13-16-5-3-2-4-6-16/h2-8,11-12,26-27H,9-10,13H2,1H3,(H,23,28). The van der Waals surface area contributed by atoms with Crippen molar-refractivity contribution in [1.29, 1.82) is 0 Å². The van der Waals surface area contributed by atoms with Crippen LogP contribution in [0.5, 0.6) is 11.5 Å². The Bertz CT molecular complexity index is 1160. The Labute approximate surface area is 172 Å². The van der Waals surface area contributed by atoms with Crippen LogP contribution in [-0.2, 0) is 13.0 Å². The average molecular weight is 407 g/mol. The van der Waals surface area contributed by atoms with Gasteiger partial charge in [-0.3, -0.25) is 9.48 Å². The number of benzene rings is 2. The molecule has 0 saturated heterocycles. The molecule has 0 fully saturated rings. The average Bonchev–Trinajstić information content (AvgIpc) is 3.27. The van der Waals surface area contributed by atoms with Gasteiger partial charge in [-0.2, -0.15) is 5.10 Å². The van der Waals surface area contributed by atoms with Crippen molar-refractivity contribution < 1.29 is 15.0 Å². The summed E-state index contributed by atoms with van der Waals surface area (Å²) in [5, 5.41) is 27.5. The van der Waals surface area contributed by atoms with Gasteiger partial charge >= 0.3 is 0 Å². The summed E-state index contributed by atoms with van der Waals surface area (Å²) in [4.78, 5) is 14.2. The van der Waals surface area contributed by atoms with Crippen LogP contribution in [0.2, 0.25) is 0 Å². The lowest BCUT2D eigenvalue weighted by atomic mass is 10.1. The van der Waals surface area contributed by atoms with Crippen molar-refractivity contribution in [2.45, 2.75) is 19.9 Å². The summed E-state index contributed by atoms with van der Waals surface area (Å²) in [6.45, 7) is 3.05. The van der Waals surface area contributed by atoms with Crippen molar-refractivity contribution in [3.05, 3.63) is 76.3 Å². The molecular weight excluding hydrogens is 386 g/mol. The zero-order chi connectivity index (χ0) is 20.4. The van der Waals surface area contributed by atoms with Gasteiger partial charge in [-0.1, -0.05) is 36.4 Å². The molecule has 29 heavy (non-hydrogen) atoms. The second-order valence-corrected chi connectivity index (χ2v) is 7.92. The molecule has 6 nitrogen and oxygen atoms in total. The van der Waals surface area contributed by atoms with Crippen molar-refractivity contribution in [3.8, 4) is 11.5 Å². The molecule has 4 aromatic rings. The number of hydrogen-bond donors (Lipinski definition) is 3. The minimum atomic E-state index is -0.156. The van der Waals surface area contributed by atoms with Crippen molar-refractivity contribution in [3.63, 3.8) is 0 Å². The Morgan fingerprint density at radius 3 is 2.62 bits per heavy atom. The molecule has 2 aromatic carbocycles. The zero-order valence-electron chi connectivity index (χ0n) is 15.9. The molecule has 2 aromatic heterocycles. The molecule has 1 amide bonds. The lowest BCUT2D eigenvalue weighted by Gasteiger charge is -2.05. The number of amides is 1. The lowest BCUT2D eigenvalue weighted by Crippen LogP contribution is -2.24. The molecule has 0 aliphatic heterocycles. The van der Waals surface area contributed by atoms with E-state index in [9.17, 15) is 15.0 Å². The molecule has 148 valence electrons. The lowest BCUT2D eigenvalue weighted by molar-refractivity contribution is 0.0958. The molecular formula is C22H21N3O3S. The van der Waals surface area contributed by atoms with E-state index in [0.29, 0.717) is 24.4 Å². The van der Waals surface area contributed by atoms with Crippen LogP contribution in [0.1, 0.15) is 26.5 Å². The molecule has 2 heterocycles. The second kappa shape index (κ2) is 7.97. The number of hydrogen-bond acceptors (Lipinski definition) is 5. The van der Waals surface area contributed by atoms with E-state index >= 15 is 0 Å². The van der Waals surface area contributed by atoms with E-state index < -0.39 is 0 Å². The molecule has 4 rings (SSSR count). The Kier molecular flexibility index (Phi) is 5.22. The summed E-state index contributed by atoms with van der Waals surface area (Å²) in [7, 11) is 0. The molecule has 0 aliphatic carbocycles. The minimum absolute atomic E-state index is 0.125. The number of carbonyl (C=O) groups excluding carboxylic acids is 1. The highest BCUT2D eigenvalue weighted by Gasteiger charge is 2.16. The number of aromatic hydroxyl groups is 2. The highest BCUT2D eigenvalue weighted by atomic mass is 32.1. The zero-order valence-corrected chi connectivity index (χ0v) is 16.7. The van der Waals surface area contributed by atoms with Crippen LogP contribution in [0.25, 0.3) is 10.2 Å². The fraction of sp³-hybridized carbons (Fsp3) is 0.182. The molecule has 0 bridgehead atoms. The normalized spacial score (nSPS) is 11.1. The number of aryl methyl sites for hydroxylation is 1. The van der Waals surface area contributed by atoms with Crippen LogP contribution in [0, 0.1) is 6.92 Å². The van der Waals surface area contributed by atoms with Gasteiger partial charge in [0.2, 0.25) is 0 Å². The van der Waals surface area contributed by atoms with Gasteiger partial charge in [0, 0.05) is 11.9 Å². The highest BCUT2D eigenvalue weighted by Crippen LogP contribution is 2.29. The van der Waals surface area contributed by atoms with E-state index in [1.54, 1.807) is 6.07 Å².